The molecule has 0 aliphatic heterocycles. The van der Waals surface area contributed by atoms with Gasteiger partial charge < -0.3 is 15.4 Å². The first kappa shape index (κ1) is 37.4. The lowest BCUT2D eigenvalue weighted by Gasteiger charge is -2.17. The maximum Gasteiger partial charge on any atom is 0.278 e. The molecule has 0 atom stereocenters. The van der Waals surface area contributed by atoms with Crippen LogP contribution in [-0.2, 0) is 14.8 Å². The van der Waals surface area contributed by atoms with Crippen LogP contribution < -0.4 is 25.7 Å². The molecule has 0 aliphatic rings. The summed E-state index contributed by atoms with van der Waals surface area (Å²) in [6.07, 6.45) is 0. The van der Waals surface area contributed by atoms with Crippen molar-refractivity contribution in [2.45, 2.75) is 18.7 Å². The van der Waals surface area contributed by atoms with Crippen molar-refractivity contribution in [2.75, 3.05) is 29.0 Å². The van der Waals surface area contributed by atoms with E-state index in [1.54, 1.807) is 60.7 Å². The summed E-state index contributed by atoms with van der Waals surface area (Å²) in [5.41, 5.74) is 2.15. The summed E-state index contributed by atoms with van der Waals surface area (Å²) in [5.74, 6) is -0.714. The lowest BCUT2D eigenvalue weighted by atomic mass is 10.1. The van der Waals surface area contributed by atoms with Gasteiger partial charge in [0.1, 0.15) is 5.75 Å². The average molecular weight is 790 g/mol. The van der Waals surface area contributed by atoms with E-state index in [1.165, 1.54) is 42.0 Å². The van der Waals surface area contributed by atoms with E-state index in [2.05, 4.69) is 15.4 Å². The van der Waals surface area contributed by atoms with E-state index in [0.717, 1.165) is 11.3 Å². The number of carbonyl (C=O) groups is 1. The summed E-state index contributed by atoms with van der Waals surface area (Å²) >= 11 is 18.4. The SMILES string of the molecule is CCNc1ccc(N=C(C(=O)Nc2cc(S(=O)(=O)Nc3cc(Cl)c(Cl)cc3Cl)ccc2OC)c2nc3ccccc3c(=O)n2-c2ccccc2)c(C)c1. The van der Waals surface area contributed by atoms with Gasteiger partial charge in [0.2, 0.25) is 0 Å². The highest BCUT2D eigenvalue weighted by Gasteiger charge is 2.26. The number of para-hydroxylation sites is 2. The van der Waals surface area contributed by atoms with Gasteiger partial charge in [0, 0.05) is 12.2 Å². The van der Waals surface area contributed by atoms with Gasteiger partial charge in [-0.3, -0.25) is 18.9 Å². The molecule has 0 radical (unpaired) electrons. The number of nitrogens with one attached hydrogen (secondary N) is 3. The van der Waals surface area contributed by atoms with Gasteiger partial charge in [0.15, 0.2) is 11.5 Å². The second-order valence-electron chi connectivity index (χ2n) is 11.6. The summed E-state index contributed by atoms with van der Waals surface area (Å²) in [6.45, 7) is 4.52. The highest BCUT2D eigenvalue weighted by Crippen LogP contribution is 2.35. The molecule has 0 unspecified atom stereocenters. The van der Waals surface area contributed by atoms with Gasteiger partial charge in [0.05, 0.1) is 60.7 Å². The van der Waals surface area contributed by atoms with Crippen LogP contribution in [0.15, 0.2) is 118 Å². The smallest absolute Gasteiger partial charge is 0.278 e. The van der Waals surface area contributed by atoms with Crippen LogP contribution in [0.5, 0.6) is 5.75 Å². The first-order valence-corrected chi connectivity index (χ1v) is 18.7. The fourth-order valence-corrected chi connectivity index (χ4v) is 7.21. The predicted molar refractivity (Wildman–Crippen MR) is 213 cm³/mol. The molecule has 11 nitrogen and oxygen atoms in total. The Balaban J connectivity index is 1.51. The van der Waals surface area contributed by atoms with Gasteiger partial charge in [-0.25, -0.2) is 18.4 Å². The Kier molecular flexibility index (Phi) is 11.1. The number of nitrogens with zero attached hydrogens (tertiary/aromatic N) is 3. The number of rotatable bonds is 11. The number of methoxy groups -OCH3 is 1. The number of anilines is 3. The zero-order chi connectivity index (χ0) is 37.9. The molecule has 0 saturated heterocycles. The number of halogens is 3. The minimum atomic E-state index is -4.29. The lowest BCUT2D eigenvalue weighted by Crippen LogP contribution is -2.33. The molecule has 1 amide bonds. The number of hydrogen-bond acceptors (Lipinski definition) is 8. The van der Waals surface area contributed by atoms with Crippen molar-refractivity contribution < 1.29 is 17.9 Å². The molecular formula is C38H31Cl3N6O5S. The van der Waals surface area contributed by atoms with Gasteiger partial charge in [0.25, 0.3) is 21.5 Å². The normalized spacial score (nSPS) is 11.7. The quantitative estimate of drug-likeness (QED) is 0.0881. The molecule has 0 saturated carbocycles. The second-order valence-corrected chi connectivity index (χ2v) is 14.5. The maximum atomic E-state index is 14.6. The predicted octanol–water partition coefficient (Wildman–Crippen LogP) is 8.66. The molecule has 6 aromatic rings. The third-order valence-corrected chi connectivity index (χ3v) is 10.4. The van der Waals surface area contributed by atoms with Crippen molar-refractivity contribution in [1.29, 1.82) is 0 Å². The fraction of sp³-hybridized carbons (Fsp3) is 0.105. The Hall–Kier alpha value is -5.40. The maximum absolute atomic E-state index is 14.6. The minimum Gasteiger partial charge on any atom is -0.495 e. The van der Waals surface area contributed by atoms with E-state index in [0.29, 0.717) is 28.8 Å². The second kappa shape index (κ2) is 15.7. The van der Waals surface area contributed by atoms with Gasteiger partial charge >= 0.3 is 0 Å². The highest BCUT2D eigenvalue weighted by molar-refractivity contribution is 7.92. The zero-order valence-corrected chi connectivity index (χ0v) is 31.5. The van der Waals surface area contributed by atoms with Crippen LogP contribution in [0.1, 0.15) is 18.3 Å². The molecular weight excluding hydrogens is 759 g/mol. The summed E-state index contributed by atoms with van der Waals surface area (Å²) in [7, 11) is -2.92. The number of sulfonamides is 1. The number of hydrogen-bond donors (Lipinski definition) is 3. The molecule has 0 bridgehead atoms. The molecule has 53 heavy (non-hydrogen) atoms. The molecule has 0 aliphatic carbocycles. The summed E-state index contributed by atoms with van der Waals surface area (Å²) in [6, 6.07) is 27.5. The number of ether oxygens (including phenoxy) is 1. The topological polar surface area (TPSA) is 144 Å². The average Bonchev–Trinajstić information content (AvgIpc) is 3.14. The van der Waals surface area contributed by atoms with E-state index in [1.807, 2.05) is 26.0 Å². The molecule has 0 spiro atoms. The fourth-order valence-electron chi connectivity index (χ4n) is 5.46. The van der Waals surface area contributed by atoms with Crippen LogP contribution in [0, 0.1) is 6.92 Å². The van der Waals surface area contributed by atoms with E-state index in [-0.39, 0.29) is 48.6 Å². The summed E-state index contributed by atoms with van der Waals surface area (Å²) in [5, 5.41) is 6.61. The van der Waals surface area contributed by atoms with E-state index >= 15 is 0 Å². The number of benzene rings is 5. The van der Waals surface area contributed by atoms with Crippen LogP contribution in [0.4, 0.5) is 22.7 Å². The van der Waals surface area contributed by atoms with Crippen molar-refractivity contribution in [3.63, 3.8) is 0 Å². The van der Waals surface area contributed by atoms with Gasteiger partial charge in [-0.15, -0.1) is 0 Å². The van der Waals surface area contributed by atoms with Crippen LogP contribution in [0.3, 0.4) is 0 Å². The van der Waals surface area contributed by atoms with Crippen molar-refractivity contribution in [3.05, 3.63) is 140 Å². The van der Waals surface area contributed by atoms with Crippen molar-refractivity contribution >= 4 is 90.1 Å². The highest BCUT2D eigenvalue weighted by atomic mass is 35.5. The van der Waals surface area contributed by atoms with Crippen LogP contribution in [-0.4, -0.2) is 43.2 Å². The Morgan fingerprint density at radius 3 is 2.30 bits per heavy atom. The lowest BCUT2D eigenvalue weighted by molar-refractivity contribution is -0.110. The number of aryl methyl sites for hydroxylation is 1. The summed E-state index contributed by atoms with van der Waals surface area (Å²) < 4.78 is 36.4. The molecule has 1 heterocycles. The number of carbonyl (C=O) groups excluding carboxylic acids is 1. The Morgan fingerprint density at radius 2 is 1.58 bits per heavy atom. The van der Waals surface area contributed by atoms with Crippen LogP contribution >= 0.6 is 34.8 Å². The molecule has 3 N–H and O–H groups in total. The van der Waals surface area contributed by atoms with Crippen molar-refractivity contribution in [1.82, 2.24) is 9.55 Å². The van der Waals surface area contributed by atoms with Crippen molar-refractivity contribution in [3.8, 4) is 11.4 Å². The minimum absolute atomic E-state index is 0.00585. The van der Waals surface area contributed by atoms with Gasteiger partial charge in [-0.05, 0) is 92.2 Å². The monoisotopic (exact) mass is 788 g/mol. The largest absolute Gasteiger partial charge is 0.495 e. The summed E-state index contributed by atoms with van der Waals surface area (Å²) in [4.78, 5) is 38.1. The Morgan fingerprint density at radius 1 is 0.868 bits per heavy atom. The zero-order valence-electron chi connectivity index (χ0n) is 28.4. The molecule has 270 valence electrons. The number of aliphatic imine (C=N–C) groups is 1. The third-order valence-electron chi connectivity index (χ3n) is 8.01. The standard InChI is InChI=1S/C38H31Cl3N6O5S/c1-4-42-23-14-16-30(22(2)18-23)43-35(36-44-31-13-9-8-12-26(31)38(49)47(36)24-10-6-5-7-11-24)37(48)45-33-19-25(15-17-34(33)52-3)53(50,51)46-32-21-28(40)27(39)20-29(32)41/h5-21,42,46H,4H2,1-3H3,(H,45,48). The molecule has 1 aromatic heterocycles. The molecule has 15 heteroatoms. The third kappa shape index (κ3) is 8.01. The van der Waals surface area contributed by atoms with Crippen LogP contribution in [0.25, 0.3) is 16.6 Å². The van der Waals surface area contributed by atoms with E-state index < -0.39 is 21.5 Å². The number of aromatic nitrogens is 2. The first-order valence-electron chi connectivity index (χ1n) is 16.1. The number of fused-ring (bicyclic) bond motifs is 1. The molecule has 0 fully saturated rings. The van der Waals surface area contributed by atoms with Crippen LogP contribution in [0.2, 0.25) is 15.1 Å². The van der Waals surface area contributed by atoms with E-state index in [9.17, 15) is 18.0 Å². The van der Waals surface area contributed by atoms with E-state index in [4.69, 9.17) is 49.5 Å². The van der Waals surface area contributed by atoms with Gasteiger partial charge in [-0.2, -0.15) is 0 Å². The van der Waals surface area contributed by atoms with Crippen molar-refractivity contribution in [2.24, 2.45) is 4.99 Å². The first-order chi connectivity index (χ1) is 25.4. The molecule has 6 rings (SSSR count). The molecule has 5 aromatic carbocycles. The van der Waals surface area contributed by atoms with Gasteiger partial charge in [-0.1, -0.05) is 65.1 Å². The Labute approximate surface area is 320 Å². The number of amides is 1. The Bertz CT molecular complexity index is 2580.